The lowest BCUT2D eigenvalue weighted by Gasteiger charge is -2.40. The van der Waals surface area contributed by atoms with Crippen LogP contribution in [0.15, 0.2) is 18.2 Å². The summed E-state index contributed by atoms with van der Waals surface area (Å²) in [7, 11) is 0. The quantitative estimate of drug-likeness (QED) is 0.872. The minimum absolute atomic E-state index is 0.0601. The number of fused-ring (bicyclic) bond motifs is 2. The van der Waals surface area contributed by atoms with Gasteiger partial charge in [0.15, 0.2) is 11.5 Å². The molecule has 1 saturated carbocycles. The lowest BCUT2D eigenvalue weighted by atomic mass is 9.77. The molecule has 140 valence electrons. The van der Waals surface area contributed by atoms with Crippen LogP contribution in [0.1, 0.15) is 36.0 Å². The molecule has 3 fully saturated rings. The van der Waals surface area contributed by atoms with Crippen LogP contribution in [0.3, 0.4) is 0 Å². The maximum atomic E-state index is 13.0. The van der Waals surface area contributed by atoms with Crippen LogP contribution < -0.4 is 9.47 Å². The second kappa shape index (κ2) is 6.43. The van der Waals surface area contributed by atoms with Crippen LogP contribution >= 0.6 is 0 Å². The molecule has 26 heavy (non-hydrogen) atoms. The number of carbonyl (C=O) groups is 1. The van der Waals surface area contributed by atoms with Crippen LogP contribution in [0.2, 0.25) is 0 Å². The second-order valence-corrected chi connectivity index (χ2v) is 8.15. The summed E-state index contributed by atoms with van der Waals surface area (Å²) < 4.78 is 10.7. The number of benzene rings is 1. The van der Waals surface area contributed by atoms with Gasteiger partial charge in [0.05, 0.1) is 6.10 Å². The van der Waals surface area contributed by atoms with E-state index >= 15 is 0 Å². The summed E-state index contributed by atoms with van der Waals surface area (Å²) in [6.45, 7) is 3.99. The Bertz CT molecular complexity index is 703. The van der Waals surface area contributed by atoms with E-state index < -0.39 is 0 Å². The predicted molar refractivity (Wildman–Crippen MR) is 95.3 cm³/mol. The fourth-order valence-electron chi connectivity index (χ4n) is 5.25. The predicted octanol–water partition coefficient (Wildman–Crippen LogP) is 1.72. The molecule has 3 heterocycles. The Labute approximate surface area is 153 Å². The number of aliphatic hydroxyl groups is 1. The van der Waals surface area contributed by atoms with Gasteiger partial charge in [-0.2, -0.15) is 0 Å². The Morgan fingerprint density at radius 1 is 1.04 bits per heavy atom. The first-order valence-electron chi connectivity index (χ1n) is 9.80. The monoisotopic (exact) mass is 358 g/mol. The summed E-state index contributed by atoms with van der Waals surface area (Å²) >= 11 is 0. The minimum Gasteiger partial charge on any atom is -0.454 e. The van der Waals surface area contributed by atoms with Crippen molar-refractivity contribution in [3.05, 3.63) is 23.8 Å². The zero-order valence-corrected chi connectivity index (χ0v) is 15.0. The minimum atomic E-state index is -0.255. The van der Waals surface area contributed by atoms with E-state index in [-0.39, 0.29) is 24.8 Å². The first kappa shape index (κ1) is 16.4. The van der Waals surface area contributed by atoms with Gasteiger partial charge in [0.2, 0.25) is 6.79 Å². The summed E-state index contributed by atoms with van der Waals surface area (Å²) in [5.41, 5.74) is 0.657. The SMILES string of the molecule is O=C(c1ccc2c(c1)OCO2)N1C[C@H]2C[C@@H](N3CCCC3)[C@H](O)C[C@H]2C1. The first-order valence-corrected chi connectivity index (χ1v) is 9.80. The third kappa shape index (κ3) is 2.76. The molecular weight excluding hydrogens is 332 g/mol. The molecule has 3 aliphatic heterocycles. The molecule has 0 spiro atoms. The third-order valence-corrected chi connectivity index (χ3v) is 6.63. The molecule has 4 aliphatic rings. The van der Waals surface area contributed by atoms with Gasteiger partial charge in [0, 0.05) is 24.7 Å². The van der Waals surface area contributed by atoms with Crippen molar-refractivity contribution in [1.82, 2.24) is 9.80 Å². The maximum Gasteiger partial charge on any atom is 0.254 e. The Kier molecular flexibility index (Phi) is 4.05. The van der Waals surface area contributed by atoms with Crippen LogP contribution in [0.5, 0.6) is 11.5 Å². The van der Waals surface area contributed by atoms with E-state index in [1.165, 1.54) is 12.8 Å². The van der Waals surface area contributed by atoms with Gasteiger partial charge in [0.25, 0.3) is 5.91 Å². The summed E-state index contributed by atoms with van der Waals surface area (Å²) in [6, 6.07) is 5.69. The van der Waals surface area contributed by atoms with Crippen LogP contribution in [0.25, 0.3) is 0 Å². The molecule has 0 bridgehead atoms. The molecule has 6 heteroatoms. The molecule has 6 nitrogen and oxygen atoms in total. The van der Waals surface area contributed by atoms with Crippen molar-refractivity contribution in [1.29, 1.82) is 0 Å². The number of nitrogens with zero attached hydrogens (tertiary/aromatic N) is 2. The zero-order chi connectivity index (χ0) is 17.7. The van der Waals surface area contributed by atoms with Gasteiger partial charge in [-0.15, -0.1) is 0 Å². The van der Waals surface area contributed by atoms with Gasteiger partial charge in [-0.25, -0.2) is 0 Å². The Balaban J connectivity index is 1.28. The van der Waals surface area contributed by atoms with E-state index in [4.69, 9.17) is 9.47 Å². The number of amides is 1. The van der Waals surface area contributed by atoms with Crippen molar-refractivity contribution in [3.63, 3.8) is 0 Å². The lowest BCUT2D eigenvalue weighted by Crippen LogP contribution is -2.48. The van der Waals surface area contributed by atoms with E-state index in [9.17, 15) is 9.90 Å². The molecule has 0 radical (unpaired) electrons. The van der Waals surface area contributed by atoms with Crippen molar-refractivity contribution in [2.45, 2.75) is 37.8 Å². The molecule has 1 aromatic rings. The van der Waals surface area contributed by atoms with E-state index in [2.05, 4.69) is 4.90 Å². The Morgan fingerprint density at radius 2 is 1.77 bits per heavy atom. The highest BCUT2D eigenvalue weighted by atomic mass is 16.7. The number of rotatable bonds is 2. The van der Waals surface area contributed by atoms with Gasteiger partial charge >= 0.3 is 0 Å². The summed E-state index contributed by atoms with van der Waals surface area (Å²) in [6.07, 6.45) is 4.06. The lowest BCUT2D eigenvalue weighted by molar-refractivity contribution is -0.000864. The van der Waals surface area contributed by atoms with Gasteiger partial charge in [-0.05, 0) is 68.8 Å². The van der Waals surface area contributed by atoms with Crippen molar-refractivity contribution in [3.8, 4) is 11.5 Å². The van der Waals surface area contributed by atoms with Crippen LogP contribution in [-0.4, -0.2) is 65.9 Å². The highest BCUT2D eigenvalue weighted by Gasteiger charge is 2.45. The maximum absolute atomic E-state index is 13.0. The van der Waals surface area contributed by atoms with Crippen molar-refractivity contribution >= 4 is 5.91 Å². The average Bonchev–Trinajstić information content (AvgIpc) is 3.38. The van der Waals surface area contributed by atoms with Gasteiger partial charge in [-0.3, -0.25) is 9.69 Å². The van der Waals surface area contributed by atoms with Crippen LogP contribution in [0.4, 0.5) is 0 Å². The molecule has 1 aromatic carbocycles. The number of hydrogen-bond acceptors (Lipinski definition) is 5. The van der Waals surface area contributed by atoms with E-state index in [0.717, 1.165) is 39.0 Å². The van der Waals surface area contributed by atoms with E-state index in [1.54, 1.807) is 6.07 Å². The topological polar surface area (TPSA) is 62.2 Å². The molecule has 1 N–H and O–H groups in total. The molecule has 2 saturated heterocycles. The largest absolute Gasteiger partial charge is 0.454 e. The Morgan fingerprint density at radius 3 is 2.58 bits per heavy atom. The standard InChI is InChI=1S/C20H26N2O4/c23-17-8-15-11-22(10-14(15)7-16(17)21-5-1-2-6-21)20(24)13-3-4-18-19(9-13)26-12-25-18/h3-4,9,14-17,23H,1-2,5-8,10-12H2/t14-,15+,16-,17-/m1/s1. The number of likely N-dealkylation sites (tertiary alicyclic amines) is 2. The van der Waals surface area contributed by atoms with E-state index in [0.29, 0.717) is 28.9 Å². The molecule has 5 rings (SSSR count). The fraction of sp³-hybridized carbons (Fsp3) is 0.650. The van der Waals surface area contributed by atoms with Crippen LogP contribution in [-0.2, 0) is 0 Å². The number of ether oxygens (including phenoxy) is 2. The molecular formula is C20H26N2O4. The average molecular weight is 358 g/mol. The summed E-state index contributed by atoms with van der Waals surface area (Å²) in [5, 5.41) is 10.6. The molecule has 4 atom stereocenters. The fourth-order valence-corrected chi connectivity index (χ4v) is 5.25. The highest BCUT2D eigenvalue weighted by molar-refractivity contribution is 5.95. The Hall–Kier alpha value is -1.79. The van der Waals surface area contributed by atoms with Crippen molar-refractivity contribution in [2.24, 2.45) is 11.8 Å². The number of carbonyl (C=O) groups excluding carboxylic acids is 1. The van der Waals surface area contributed by atoms with Crippen molar-refractivity contribution < 1.29 is 19.4 Å². The van der Waals surface area contributed by atoms with Gasteiger partial charge in [0.1, 0.15) is 0 Å². The van der Waals surface area contributed by atoms with Gasteiger partial charge < -0.3 is 19.5 Å². The molecule has 0 aromatic heterocycles. The number of hydrogen-bond donors (Lipinski definition) is 1. The first-order chi connectivity index (χ1) is 12.7. The third-order valence-electron chi connectivity index (χ3n) is 6.63. The van der Waals surface area contributed by atoms with E-state index in [1.807, 2.05) is 17.0 Å². The summed E-state index contributed by atoms with van der Waals surface area (Å²) in [4.78, 5) is 17.4. The molecule has 1 amide bonds. The normalized spacial score (nSPS) is 33.5. The molecule has 0 unspecified atom stereocenters. The molecule has 1 aliphatic carbocycles. The van der Waals surface area contributed by atoms with Gasteiger partial charge in [-0.1, -0.05) is 0 Å². The second-order valence-electron chi connectivity index (χ2n) is 8.15. The summed E-state index contributed by atoms with van der Waals surface area (Å²) in [5.74, 6) is 2.33. The van der Waals surface area contributed by atoms with Crippen molar-refractivity contribution in [2.75, 3.05) is 33.0 Å². The number of aliphatic hydroxyl groups excluding tert-OH is 1. The smallest absolute Gasteiger partial charge is 0.254 e. The highest BCUT2D eigenvalue weighted by Crippen LogP contribution is 2.40. The van der Waals surface area contributed by atoms with Crippen LogP contribution in [0, 0.1) is 11.8 Å². The zero-order valence-electron chi connectivity index (χ0n) is 15.0.